The zero-order chi connectivity index (χ0) is 20.0. The Bertz CT molecular complexity index is 633. The van der Waals surface area contributed by atoms with Crippen molar-refractivity contribution in [2.75, 3.05) is 26.4 Å². The summed E-state index contributed by atoms with van der Waals surface area (Å²) >= 11 is 0. The molecule has 2 N–H and O–H groups in total. The Balaban J connectivity index is 1.71. The van der Waals surface area contributed by atoms with Gasteiger partial charge in [0.15, 0.2) is 0 Å². The first-order chi connectivity index (χ1) is 13.8. The second-order valence-electron chi connectivity index (χ2n) is 7.18. The van der Waals surface area contributed by atoms with Gasteiger partial charge in [-0.2, -0.15) is 0 Å². The van der Waals surface area contributed by atoms with Gasteiger partial charge in [0.05, 0.1) is 13.2 Å². The lowest BCUT2D eigenvalue weighted by molar-refractivity contribution is 0.141. The Morgan fingerprint density at radius 2 is 1.18 bits per heavy atom. The Morgan fingerprint density at radius 3 is 1.64 bits per heavy atom. The summed E-state index contributed by atoms with van der Waals surface area (Å²) in [7, 11) is 0. The fraction of sp³-hybridized carbons (Fsp3) is 0.500. The molecule has 0 spiro atoms. The first-order valence-corrected chi connectivity index (χ1v) is 10.4. The van der Waals surface area contributed by atoms with Crippen LogP contribution in [0.2, 0.25) is 0 Å². The normalized spacial score (nSPS) is 11.0. The summed E-state index contributed by atoms with van der Waals surface area (Å²) in [5.74, 6) is 1.82. The van der Waals surface area contributed by atoms with E-state index in [4.69, 9.17) is 19.7 Å². The lowest BCUT2D eigenvalue weighted by Crippen LogP contribution is -2.10. The van der Waals surface area contributed by atoms with E-state index in [9.17, 15) is 0 Å². The summed E-state index contributed by atoms with van der Waals surface area (Å²) < 4.78 is 11.5. The minimum absolute atomic E-state index is 0.0189. The van der Waals surface area contributed by atoms with Crippen molar-refractivity contribution in [3.63, 3.8) is 0 Å². The molecule has 4 heteroatoms. The van der Waals surface area contributed by atoms with Crippen molar-refractivity contribution in [3.8, 4) is 22.6 Å². The average Bonchev–Trinajstić information content (AvgIpc) is 2.74. The number of rotatable bonds is 14. The molecule has 0 fully saturated rings. The van der Waals surface area contributed by atoms with Crippen molar-refractivity contribution in [2.45, 2.75) is 45.4 Å². The molecule has 28 heavy (non-hydrogen) atoms. The topological polar surface area (TPSA) is 58.9 Å². The van der Waals surface area contributed by atoms with Crippen molar-refractivity contribution in [1.29, 1.82) is 0 Å². The quantitative estimate of drug-likeness (QED) is 0.445. The summed E-state index contributed by atoms with van der Waals surface area (Å²) in [6, 6.07) is 16.4. The largest absolute Gasteiger partial charge is 0.494 e. The second-order valence-corrected chi connectivity index (χ2v) is 7.18. The van der Waals surface area contributed by atoms with Crippen LogP contribution in [0.4, 0.5) is 0 Å². The molecule has 2 rings (SSSR count). The lowest BCUT2D eigenvalue weighted by Gasteiger charge is -2.11. The number of hydrogen-bond acceptors (Lipinski definition) is 4. The zero-order valence-electron chi connectivity index (χ0n) is 17.0. The highest BCUT2D eigenvalue weighted by Crippen LogP contribution is 2.25. The van der Waals surface area contributed by atoms with Crippen molar-refractivity contribution < 1.29 is 19.7 Å². The van der Waals surface area contributed by atoms with E-state index in [1.807, 2.05) is 24.3 Å². The van der Waals surface area contributed by atoms with Gasteiger partial charge in [-0.3, -0.25) is 0 Å². The predicted molar refractivity (Wildman–Crippen MR) is 114 cm³/mol. The number of unbranched alkanes of at least 4 members (excludes halogenated alkanes) is 3. The molecule has 0 aliphatic rings. The van der Waals surface area contributed by atoms with E-state index < -0.39 is 0 Å². The van der Waals surface area contributed by atoms with Crippen LogP contribution >= 0.6 is 0 Å². The molecule has 0 aliphatic heterocycles. The third-order valence-corrected chi connectivity index (χ3v) is 4.85. The summed E-state index contributed by atoms with van der Waals surface area (Å²) in [5, 5.41) is 18.1. The molecule has 2 aromatic rings. The molecule has 0 bridgehead atoms. The van der Waals surface area contributed by atoms with Crippen LogP contribution < -0.4 is 9.47 Å². The molecule has 4 nitrogen and oxygen atoms in total. The number of aliphatic hydroxyl groups excluding tert-OH is 2. The monoisotopic (exact) mass is 386 g/mol. The van der Waals surface area contributed by atoms with Crippen LogP contribution in [-0.4, -0.2) is 36.6 Å². The molecule has 0 atom stereocenters. The smallest absolute Gasteiger partial charge is 0.119 e. The molecular weight excluding hydrogens is 352 g/mol. The number of aliphatic hydroxyl groups is 2. The van der Waals surface area contributed by atoms with Gasteiger partial charge in [-0.05, 0) is 54.7 Å². The van der Waals surface area contributed by atoms with Crippen molar-refractivity contribution in [2.24, 2.45) is 5.92 Å². The Hall–Kier alpha value is -2.04. The highest BCUT2D eigenvalue weighted by molar-refractivity contribution is 5.64. The summed E-state index contributed by atoms with van der Waals surface area (Å²) in [5.41, 5.74) is 2.32. The summed E-state index contributed by atoms with van der Waals surface area (Å²) in [4.78, 5) is 0. The van der Waals surface area contributed by atoms with E-state index in [2.05, 4.69) is 31.2 Å². The zero-order valence-corrected chi connectivity index (χ0v) is 17.0. The molecule has 2 aromatic carbocycles. The SMILES string of the molecule is CCCCOc1ccc(-c2ccc(OCCCCCC(CO)CO)cc2)cc1. The van der Waals surface area contributed by atoms with Gasteiger partial charge in [-0.1, -0.05) is 50.5 Å². The average molecular weight is 387 g/mol. The molecule has 0 aliphatic carbocycles. The number of ether oxygens (including phenoxy) is 2. The minimum Gasteiger partial charge on any atom is -0.494 e. The molecule has 0 saturated heterocycles. The lowest BCUT2D eigenvalue weighted by atomic mass is 10.0. The standard InChI is InChI=1S/C24H34O4/c1-2-3-16-27-23-12-8-21(9-13-23)22-10-14-24(15-11-22)28-17-6-4-5-7-20(18-25)19-26/h8-15,20,25-26H,2-7,16-19H2,1H3. The van der Waals surface area contributed by atoms with Crippen molar-refractivity contribution in [3.05, 3.63) is 48.5 Å². The molecule has 0 aromatic heterocycles. The highest BCUT2D eigenvalue weighted by Gasteiger charge is 2.05. The third-order valence-electron chi connectivity index (χ3n) is 4.85. The minimum atomic E-state index is 0.0189. The van der Waals surface area contributed by atoms with E-state index in [0.717, 1.165) is 67.8 Å². The molecule has 0 amide bonds. The van der Waals surface area contributed by atoms with Crippen LogP contribution in [0.3, 0.4) is 0 Å². The van der Waals surface area contributed by atoms with Crippen LogP contribution in [0.1, 0.15) is 45.4 Å². The fourth-order valence-electron chi connectivity index (χ4n) is 2.96. The summed E-state index contributed by atoms with van der Waals surface area (Å²) in [6.45, 7) is 3.74. The first-order valence-electron chi connectivity index (χ1n) is 10.4. The molecule has 0 unspecified atom stereocenters. The van der Waals surface area contributed by atoms with Crippen molar-refractivity contribution in [1.82, 2.24) is 0 Å². The van der Waals surface area contributed by atoms with Gasteiger partial charge >= 0.3 is 0 Å². The maximum atomic E-state index is 9.05. The van der Waals surface area contributed by atoms with Gasteiger partial charge in [0.25, 0.3) is 0 Å². The van der Waals surface area contributed by atoms with Gasteiger partial charge in [0.1, 0.15) is 11.5 Å². The van der Waals surface area contributed by atoms with Crippen LogP contribution in [0.25, 0.3) is 11.1 Å². The van der Waals surface area contributed by atoms with Crippen LogP contribution in [0.5, 0.6) is 11.5 Å². The Morgan fingerprint density at radius 1 is 0.679 bits per heavy atom. The van der Waals surface area contributed by atoms with E-state index >= 15 is 0 Å². The van der Waals surface area contributed by atoms with Crippen molar-refractivity contribution >= 4 is 0 Å². The molecule has 0 radical (unpaired) electrons. The Kier molecular flexibility index (Phi) is 10.5. The summed E-state index contributed by atoms with van der Waals surface area (Å²) in [6.07, 6.45) is 6.11. The van der Waals surface area contributed by atoms with Gasteiger partial charge in [-0.25, -0.2) is 0 Å². The van der Waals surface area contributed by atoms with Gasteiger partial charge in [0, 0.05) is 19.1 Å². The van der Waals surface area contributed by atoms with Gasteiger partial charge in [-0.15, -0.1) is 0 Å². The van der Waals surface area contributed by atoms with Gasteiger partial charge in [0.2, 0.25) is 0 Å². The highest BCUT2D eigenvalue weighted by atomic mass is 16.5. The molecule has 0 saturated carbocycles. The van der Waals surface area contributed by atoms with Crippen LogP contribution in [-0.2, 0) is 0 Å². The van der Waals surface area contributed by atoms with E-state index in [-0.39, 0.29) is 19.1 Å². The van der Waals surface area contributed by atoms with Crippen LogP contribution in [0, 0.1) is 5.92 Å². The van der Waals surface area contributed by atoms with E-state index in [0.29, 0.717) is 6.61 Å². The van der Waals surface area contributed by atoms with E-state index in [1.165, 1.54) is 0 Å². The second kappa shape index (κ2) is 13.2. The van der Waals surface area contributed by atoms with Gasteiger partial charge < -0.3 is 19.7 Å². The maximum Gasteiger partial charge on any atom is 0.119 e. The maximum absolute atomic E-state index is 9.05. The fourth-order valence-corrected chi connectivity index (χ4v) is 2.96. The molecule has 154 valence electrons. The molecule has 0 heterocycles. The molecular formula is C24H34O4. The number of hydrogen-bond donors (Lipinski definition) is 2. The first kappa shape index (κ1) is 22.3. The number of benzene rings is 2. The Labute approximate surface area is 169 Å². The predicted octanol–water partition coefficient (Wildman–Crippen LogP) is 5.07. The van der Waals surface area contributed by atoms with E-state index in [1.54, 1.807) is 0 Å². The third kappa shape index (κ3) is 7.91. The van der Waals surface area contributed by atoms with Crippen LogP contribution in [0.15, 0.2) is 48.5 Å².